The number of rotatable bonds is 3. The summed E-state index contributed by atoms with van der Waals surface area (Å²) in [6.07, 6.45) is 2.08. The number of aromatic nitrogens is 1. The van der Waals surface area contributed by atoms with Crippen LogP contribution < -0.4 is 10.6 Å². The second-order valence-corrected chi connectivity index (χ2v) is 5.92. The monoisotopic (exact) mass is 283 g/mol. The number of nitrogens with zero attached hydrogens (tertiary/aromatic N) is 1. The fraction of sp³-hybridized carbons (Fsp3) is 0.583. The van der Waals surface area contributed by atoms with Gasteiger partial charge in [0.2, 0.25) is 0 Å². The van der Waals surface area contributed by atoms with Crippen molar-refractivity contribution in [3.05, 3.63) is 11.1 Å². The van der Waals surface area contributed by atoms with Crippen molar-refractivity contribution < 1.29 is 14.7 Å². The number of amides is 2. The lowest BCUT2D eigenvalue weighted by molar-refractivity contribution is -0.148. The molecular weight excluding hydrogens is 266 g/mol. The van der Waals surface area contributed by atoms with Crippen LogP contribution in [0.1, 0.15) is 31.9 Å². The molecule has 2 unspecified atom stereocenters. The molecule has 19 heavy (non-hydrogen) atoms. The lowest BCUT2D eigenvalue weighted by atomic mass is 9.85. The highest BCUT2D eigenvalue weighted by Crippen LogP contribution is 2.38. The van der Waals surface area contributed by atoms with E-state index < -0.39 is 17.4 Å². The van der Waals surface area contributed by atoms with Crippen LogP contribution in [0.15, 0.2) is 5.38 Å². The van der Waals surface area contributed by atoms with E-state index in [4.69, 9.17) is 0 Å². The zero-order chi connectivity index (χ0) is 14.0. The van der Waals surface area contributed by atoms with Crippen molar-refractivity contribution in [3.8, 4) is 0 Å². The van der Waals surface area contributed by atoms with Crippen LogP contribution in [0.4, 0.5) is 9.93 Å². The van der Waals surface area contributed by atoms with Gasteiger partial charge < -0.3 is 10.4 Å². The molecule has 0 aromatic carbocycles. The molecule has 3 N–H and O–H groups in total. The van der Waals surface area contributed by atoms with Gasteiger partial charge in [-0.05, 0) is 26.7 Å². The van der Waals surface area contributed by atoms with E-state index in [1.807, 2.05) is 12.3 Å². The standard InChI is InChI=1S/C12H17N3O3S/c1-7-6-19-11(13-7)15-10(18)14-8-4-3-5-12(8,2)9(16)17/h6,8H,3-5H2,1-2H3,(H,16,17)(H2,13,14,15,18). The van der Waals surface area contributed by atoms with Crippen molar-refractivity contribution in [2.24, 2.45) is 5.41 Å². The SMILES string of the molecule is Cc1csc(NC(=O)NC2CCCC2(C)C(=O)O)n1. The number of urea groups is 1. The number of carboxylic acids is 1. The van der Waals surface area contributed by atoms with Gasteiger partial charge in [0, 0.05) is 11.4 Å². The minimum atomic E-state index is -0.879. The highest BCUT2D eigenvalue weighted by Gasteiger charge is 2.45. The van der Waals surface area contributed by atoms with Crippen LogP contribution in [-0.2, 0) is 4.79 Å². The van der Waals surface area contributed by atoms with E-state index in [1.54, 1.807) is 6.92 Å². The molecule has 0 radical (unpaired) electrons. The lowest BCUT2D eigenvalue weighted by Gasteiger charge is -2.27. The Kier molecular flexibility index (Phi) is 3.75. The number of aliphatic carboxylic acids is 1. The van der Waals surface area contributed by atoms with Gasteiger partial charge in [-0.25, -0.2) is 9.78 Å². The summed E-state index contributed by atoms with van der Waals surface area (Å²) < 4.78 is 0. The molecule has 2 rings (SSSR count). The maximum Gasteiger partial charge on any atom is 0.321 e. The first-order valence-electron chi connectivity index (χ1n) is 6.15. The number of anilines is 1. The topological polar surface area (TPSA) is 91.3 Å². The first-order valence-corrected chi connectivity index (χ1v) is 7.03. The fourth-order valence-electron chi connectivity index (χ4n) is 2.36. The molecule has 2 amide bonds. The van der Waals surface area contributed by atoms with Gasteiger partial charge in [0.25, 0.3) is 0 Å². The van der Waals surface area contributed by atoms with E-state index in [0.29, 0.717) is 18.0 Å². The Morgan fingerprint density at radius 1 is 1.58 bits per heavy atom. The minimum absolute atomic E-state index is 0.342. The number of hydrogen-bond donors (Lipinski definition) is 3. The molecule has 0 saturated heterocycles. The Balaban J connectivity index is 1.97. The molecule has 1 aliphatic carbocycles. The molecule has 1 aromatic rings. The Morgan fingerprint density at radius 3 is 2.89 bits per heavy atom. The Labute approximate surface area is 115 Å². The van der Waals surface area contributed by atoms with E-state index >= 15 is 0 Å². The molecule has 0 bridgehead atoms. The maximum absolute atomic E-state index is 11.8. The second kappa shape index (κ2) is 5.16. The molecule has 7 heteroatoms. The normalized spacial score (nSPS) is 26.1. The average Bonchev–Trinajstić information content (AvgIpc) is 2.87. The van der Waals surface area contributed by atoms with Crippen LogP contribution in [0.5, 0.6) is 0 Å². The summed E-state index contributed by atoms with van der Waals surface area (Å²) in [4.78, 5) is 27.3. The maximum atomic E-state index is 11.8. The van der Waals surface area contributed by atoms with Crippen molar-refractivity contribution in [2.45, 2.75) is 39.2 Å². The molecule has 1 aromatic heterocycles. The Hall–Kier alpha value is -1.63. The van der Waals surface area contributed by atoms with Crippen LogP contribution in [0, 0.1) is 12.3 Å². The largest absolute Gasteiger partial charge is 0.481 e. The lowest BCUT2D eigenvalue weighted by Crippen LogP contribution is -2.48. The number of carboxylic acid groups (broad SMARTS) is 1. The Bertz CT molecular complexity index is 502. The van der Waals surface area contributed by atoms with Gasteiger partial charge in [-0.3, -0.25) is 10.1 Å². The Morgan fingerprint density at radius 2 is 2.32 bits per heavy atom. The number of thiazole rings is 1. The third kappa shape index (κ3) is 2.86. The molecule has 104 valence electrons. The summed E-state index contributed by atoms with van der Waals surface area (Å²) in [6, 6.07) is -0.736. The molecule has 1 aliphatic rings. The van der Waals surface area contributed by atoms with Crippen molar-refractivity contribution in [3.63, 3.8) is 0 Å². The molecule has 0 aliphatic heterocycles. The molecular formula is C12H17N3O3S. The molecule has 1 saturated carbocycles. The smallest absolute Gasteiger partial charge is 0.321 e. The number of carbonyl (C=O) groups is 2. The van der Waals surface area contributed by atoms with Gasteiger partial charge in [-0.1, -0.05) is 6.42 Å². The van der Waals surface area contributed by atoms with Gasteiger partial charge in [-0.2, -0.15) is 0 Å². The van der Waals surface area contributed by atoms with Gasteiger partial charge in [0.1, 0.15) is 0 Å². The predicted molar refractivity (Wildman–Crippen MR) is 72.4 cm³/mol. The van der Waals surface area contributed by atoms with Gasteiger partial charge in [0.05, 0.1) is 11.1 Å². The van der Waals surface area contributed by atoms with Crippen LogP contribution in [-0.4, -0.2) is 28.1 Å². The van der Waals surface area contributed by atoms with Gasteiger partial charge in [-0.15, -0.1) is 11.3 Å². The predicted octanol–water partition coefficient (Wildman–Crippen LogP) is 2.22. The van der Waals surface area contributed by atoms with Crippen molar-refractivity contribution in [2.75, 3.05) is 5.32 Å². The van der Waals surface area contributed by atoms with E-state index in [2.05, 4.69) is 15.6 Å². The zero-order valence-electron chi connectivity index (χ0n) is 10.9. The van der Waals surface area contributed by atoms with Crippen molar-refractivity contribution in [1.29, 1.82) is 0 Å². The summed E-state index contributed by atoms with van der Waals surface area (Å²) in [6.45, 7) is 3.53. The first-order chi connectivity index (χ1) is 8.91. The summed E-state index contributed by atoms with van der Waals surface area (Å²) in [5, 5.41) is 17.0. The van der Waals surface area contributed by atoms with Crippen LogP contribution >= 0.6 is 11.3 Å². The van der Waals surface area contributed by atoms with Crippen LogP contribution in [0.2, 0.25) is 0 Å². The third-order valence-corrected chi connectivity index (χ3v) is 4.47. The number of aryl methyl sites for hydroxylation is 1. The zero-order valence-corrected chi connectivity index (χ0v) is 11.7. The molecule has 2 atom stereocenters. The van der Waals surface area contributed by atoms with E-state index in [9.17, 15) is 14.7 Å². The van der Waals surface area contributed by atoms with Crippen molar-refractivity contribution in [1.82, 2.24) is 10.3 Å². The quantitative estimate of drug-likeness (QED) is 0.793. The minimum Gasteiger partial charge on any atom is -0.481 e. The van der Waals surface area contributed by atoms with Gasteiger partial charge in [0.15, 0.2) is 5.13 Å². The summed E-state index contributed by atoms with van der Waals surface area (Å²) >= 11 is 1.34. The van der Waals surface area contributed by atoms with Crippen LogP contribution in [0.25, 0.3) is 0 Å². The average molecular weight is 283 g/mol. The highest BCUT2D eigenvalue weighted by atomic mass is 32.1. The molecule has 0 spiro atoms. The molecule has 1 fully saturated rings. The third-order valence-electron chi connectivity index (χ3n) is 3.59. The van der Waals surface area contributed by atoms with Crippen LogP contribution in [0.3, 0.4) is 0 Å². The van der Waals surface area contributed by atoms with Gasteiger partial charge >= 0.3 is 12.0 Å². The second-order valence-electron chi connectivity index (χ2n) is 5.06. The molecule has 6 nitrogen and oxygen atoms in total. The highest BCUT2D eigenvalue weighted by molar-refractivity contribution is 7.13. The number of carbonyl (C=O) groups excluding carboxylic acids is 1. The van der Waals surface area contributed by atoms with Crippen molar-refractivity contribution >= 4 is 28.5 Å². The summed E-state index contributed by atoms with van der Waals surface area (Å²) in [5.41, 5.74) is -0.0348. The summed E-state index contributed by atoms with van der Waals surface area (Å²) in [7, 11) is 0. The van der Waals surface area contributed by atoms with E-state index in [1.165, 1.54) is 11.3 Å². The van der Waals surface area contributed by atoms with E-state index in [-0.39, 0.29) is 6.04 Å². The first kappa shape index (κ1) is 13.8. The fourth-order valence-corrected chi connectivity index (χ4v) is 3.04. The molecule has 1 heterocycles. The number of nitrogens with one attached hydrogen (secondary N) is 2. The number of hydrogen-bond acceptors (Lipinski definition) is 4. The van der Waals surface area contributed by atoms with E-state index in [0.717, 1.165) is 12.1 Å². The summed E-state index contributed by atoms with van der Waals surface area (Å²) in [5.74, 6) is -0.861.